The van der Waals surface area contributed by atoms with Crippen LogP contribution in [0.25, 0.3) is 6.08 Å². The molecular weight excluding hydrogens is 365 g/mol. The van der Waals surface area contributed by atoms with Gasteiger partial charge in [0.15, 0.2) is 18.1 Å². The number of rotatable bonds is 9. The molecule has 1 N–H and O–H groups in total. The third-order valence-corrected chi connectivity index (χ3v) is 3.81. The van der Waals surface area contributed by atoms with Gasteiger partial charge in [-0.2, -0.15) is 0 Å². The third kappa shape index (κ3) is 6.75. The molecule has 2 rings (SSSR count). The van der Waals surface area contributed by atoms with Crippen LogP contribution in [0.5, 0.6) is 11.5 Å². The molecule has 148 valence electrons. The normalized spacial score (nSPS) is 10.5. The first-order valence-electron chi connectivity index (χ1n) is 8.60. The first-order valence-corrected chi connectivity index (χ1v) is 8.60. The van der Waals surface area contributed by atoms with Crippen molar-refractivity contribution in [3.8, 4) is 11.5 Å². The van der Waals surface area contributed by atoms with Gasteiger partial charge in [-0.25, -0.2) is 9.18 Å². The highest BCUT2D eigenvalue weighted by Gasteiger charge is 2.07. The molecule has 2 aromatic carbocycles. The maximum absolute atomic E-state index is 12.8. The minimum Gasteiger partial charge on any atom is -0.493 e. The molecule has 0 aliphatic carbocycles. The molecule has 6 nitrogen and oxygen atoms in total. The number of hydrogen-bond acceptors (Lipinski definition) is 5. The molecular formula is C21H22FNO5. The molecule has 0 saturated heterocycles. The van der Waals surface area contributed by atoms with Gasteiger partial charge in [0.25, 0.3) is 5.91 Å². The van der Waals surface area contributed by atoms with Crippen LogP contribution in [0.3, 0.4) is 0 Å². The SMILES string of the molecule is COc1ccc(CCNC(=O)COC(=O)C=Cc2ccc(F)cc2)cc1OC. The van der Waals surface area contributed by atoms with E-state index in [4.69, 9.17) is 14.2 Å². The number of benzene rings is 2. The topological polar surface area (TPSA) is 73.9 Å². The standard InChI is InChI=1S/C21H22FNO5/c1-26-18-9-5-16(13-19(18)27-2)11-12-23-20(24)14-28-21(25)10-6-15-3-7-17(22)8-4-15/h3-10,13H,11-12,14H2,1-2H3,(H,23,24). The summed E-state index contributed by atoms with van der Waals surface area (Å²) in [4.78, 5) is 23.4. The van der Waals surface area contributed by atoms with Crippen molar-refractivity contribution in [3.63, 3.8) is 0 Å². The Morgan fingerprint density at radius 2 is 1.75 bits per heavy atom. The van der Waals surface area contributed by atoms with E-state index in [0.29, 0.717) is 30.0 Å². The van der Waals surface area contributed by atoms with E-state index in [2.05, 4.69) is 5.32 Å². The lowest BCUT2D eigenvalue weighted by atomic mass is 10.1. The second-order valence-corrected chi connectivity index (χ2v) is 5.78. The van der Waals surface area contributed by atoms with Crippen molar-refractivity contribution in [2.75, 3.05) is 27.4 Å². The molecule has 0 bridgehead atoms. The maximum Gasteiger partial charge on any atom is 0.331 e. The van der Waals surface area contributed by atoms with Crippen LogP contribution >= 0.6 is 0 Å². The summed E-state index contributed by atoms with van der Waals surface area (Å²) in [7, 11) is 3.12. The maximum atomic E-state index is 12.8. The zero-order chi connectivity index (χ0) is 20.4. The Bertz CT molecular complexity index is 833. The first kappa shape index (κ1) is 21.0. The molecule has 0 heterocycles. The Balaban J connectivity index is 1.71. The zero-order valence-corrected chi connectivity index (χ0v) is 15.7. The summed E-state index contributed by atoms with van der Waals surface area (Å²) in [6.07, 6.45) is 3.26. The highest BCUT2D eigenvalue weighted by molar-refractivity contribution is 5.89. The second-order valence-electron chi connectivity index (χ2n) is 5.78. The first-order chi connectivity index (χ1) is 13.5. The van der Waals surface area contributed by atoms with Crippen LogP contribution in [0.15, 0.2) is 48.5 Å². The predicted octanol–water partition coefficient (Wildman–Crippen LogP) is 2.76. The van der Waals surface area contributed by atoms with Crippen LogP contribution < -0.4 is 14.8 Å². The second kappa shape index (κ2) is 10.7. The minimum absolute atomic E-state index is 0.357. The van der Waals surface area contributed by atoms with Gasteiger partial charge in [-0.15, -0.1) is 0 Å². The van der Waals surface area contributed by atoms with Crippen molar-refractivity contribution in [3.05, 3.63) is 65.5 Å². The molecule has 0 unspecified atom stereocenters. The highest BCUT2D eigenvalue weighted by atomic mass is 19.1. The van der Waals surface area contributed by atoms with Gasteiger partial charge in [0.2, 0.25) is 0 Å². The third-order valence-electron chi connectivity index (χ3n) is 3.81. The van der Waals surface area contributed by atoms with Gasteiger partial charge in [0.1, 0.15) is 5.82 Å². The summed E-state index contributed by atoms with van der Waals surface area (Å²) >= 11 is 0. The fraction of sp³-hybridized carbons (Fsp3) is 0.238. The van der Waals surface area contributed by atoms with E-state index in [1.165, 1.54) is 36.4 Å². The summed E-state index contributed by atoms with van der Waals surface area (Å²) in [5, 5.41) is 2.68. The Morgan fingerprint density at radius 3 is 2.43 bits per heavy atom. The van der Waals surface area contributed by atoms with Gasteiger partial charge in [-0.05, 0) is 47.9 Å². The summed E-state index contributed by atoms with van der Waals surface area (Å²) in [5.74, 6) is -0.156. The smallest absolute Gasteiger partial charge is 0.331 e. The number of carbonyl (C=O) groups excluding carboxylic acids is 2. The predicted molar refractivity (Wildman–Crippen MR) is 103 cm³/mol. The van der Waals surface area contributed by atoms with E-state index in [0.717, 1.165) is 5.56 Å². The molecule has 0 fully saturated rings. The molecule has 0 aliphatic heterocycles. The number of amides is 1. The minimum atomic E-state index is -0.653. The Labute approximate surface area is 162 Å². The molecule has 0 radical (unpaired) electrons. The quantitative estimate of drug-likeness (QED) is 0.529. The number of ether oxygens (including phenoxy) is 3. The van der Waals surface area contributed by atoms with Gasteiger partial charge >= 0.3 is 5.97 Å². The highest BCUT2D eigenvalue weighted by Crippen LogP contribution is 2.27. The van der Waals surface area contributed by atoms with E-state index < -0.39 is 11.9 Å². The van der Waals surface area contributed by atoms with Crippen LogP contribution in [-0.4, -0.2) is 39.2 Å². The van der Waals surface area contributed by atoms with Crippen molar-refractivity contribution in [1.29, 1.82) is 0 Å². The van der Waals surface area contributed by atoms with Crippen LogP contribution in [0.1, 0.15) is 11.1 Å². The van der Waals surface area contributed by atoms with Gasteiger partial charge in [0.05, 0.1) is 14.2 Å². The van der Waals surface area contributed by atoms with Crippen LogP contribution in [0.2, 0.25) is 0 Å². The number of nitrogens with one attached hydrogen (secondary N) is 1. The Hall–Kier alpha value is -3.35. The fourth-order valence-corrected chi connectivity index (χ4v) is 2.36. The number of hydrogen-bond donors (Lipinski definition) is 1. The van der Waals surface area contributed by atoms with Crippen molar-refractivity contribution in [2.24, 2.45) is 0 Å². The van der Waals surface area contributed by atoms with E-state index in [9.17, 15) is 14.0 Å². The molecule has 1 amide bonds. The van der Waals surface area contributed by atoms with Crippen molar-refractivity contribution >= 4 is 18.0 Å². The van der Waals surface area contributed by atoms with Crippen molar-refractivity contribution in [1.82, 2.24) is 5.32 Å². The van der Waals surface area contributed by atoms with Gasteiger partial charge in [0, 0.05) is 12.6 Å². The lowest BCUT2D eigenvalue weighted by Gasteiger charge is -2.10. The summed E-state index contributed by atoms with van der Waals surface area (Å²) in [6, 6.07) is 11.2. The number of esters is 1. The van der Waals surface area contributed by atoms with E-state index >= 15 is 0 Å². The molecule has 0 spiro atoms. The van der Waals surface area contributed by atoms with E-state index in [1.807, 2.05) is 12.1 Å². The molecule has 2 aromatic rings. The Kier molecular flexibility index (Phi) is 8.02. The molecule has 0 aromatic heterocycles. The van der Waals surface area contributed by atoms with E-state index in [1.54, 1.807) is 20.3 Å². The lowest BCUT2D eigenvalue weighted by molar-refractivity contribution is -0.143. The van der Waals surface area contributed by atoms with Crippen LogP contribution in [0.4, 0.5) is 4.39 Å². The zero-order valence-electron chi connectivity index (χ0n) is 15.7. The fourth-order valence-electron chi connectivity index (χ4n) is 2.36. The van der Waals surface area contributed by atoms with E-state index in [-0.39, 0.29) is 12.4 Å². The molecule has 7 heteroatoms. The summed E-state index contributed by atoms with van der Waals surface area (Å²) in [5.41, 5.74) is 1.62. The van der Waals surface area contributed by atoms with Crippen molar-refractivity contribution in [2.45, 2.75) is 6.42 Å². The monoisotopic (exact) mass is 387 g/mol. The molecule has 0 aliphatic rings. The van der Waals surface area contributed by atoms with Crippen LogP contribution in [0, 0.1) is 5.82 Å². The lowest BCUT2D eigenvalue weighted by Crippen LogP contribution is -2.30. The summed E-state index contributed by atoms with van der Waals surface area (Å²) in [6.45, 7) is 0.00973. The van der Waals surface area contributed by atoms with Crippen LogP contribution in [-0.2, 0) is 20.7 Å². The van der Waals surface area contributed by atoms with Crippen molar-refractivity contribution < 1.29 is 28.2 Å². The molecule has 0 atom stereocenters. The number of carbonyl (C=O) groups is 2. The molecule has 28 heavy (non-hydrogen) atoms. The number of halogens is 1. The van der Waals surface area contributed by atoms with Gasteiger partial charge in [-0.1, -0.05) is 18.2 Å². The molecule has 0 saturated carbocycles. The average Bonchev–Trinajstić information content (AvgIpc) is 2.71. The van der Waals surface area contributed by atoms with Gasteiger partial charge in [-0.3, -0.25) is 4.79 Å². The largest absolute Gasteiger partial charge is 0.493 e. The summed E-state index contributed by atoms with van der Waals surface area (Å²) < 4.78 is 28.1. The number of methoxy groups -OCH3 is 2. The van der Waals surface area contributed by atoms with Gasteiger partial charge < -0.3 is 19.5 Å². The average molecular weight is 387 g/mol. The Morgan fingerprint density at radius 1 is 1.04 bits per heavy atom.